The molecule has 0 saturated heterocycles. The summed E-state index contributed by atoms with van der Waals surface area (Å²) in [5, 5.41) is 10.5. The van der Waals surface area contributed by atoms with Gasteiger partial charge in [-0.25, -0.2) is 0 Å². The smallest absolute Gasteiger partial charge is 0.0540 e. The van der Waals surface area contributed by atoms with Gasteiger partial charge in [0.1, 0.15) is 0 Å². The molecule has 0 heterocycles. The van der Waals surface area contributed by atoms with Crippen LogP contribution in [-0.2, 0) is 6.42 Å². The number of rotatable bonds is 9. The topological polar surface area (TPSA) is 3.24 Å². The van der Waals surface area contributed by atoms with Crippen molar-refractivity contribution in [1.82, 2.24) is 0 Å². The average molecular weight is 690 g/mol. The van der Waals surface area contributed by atoms with Gasteiger partial charge in [-0.2, -0.15) is 0 Å². The summed E-state index contributed by atoms with van der Waals surface area (Å²) < 4.78 is 0. The van der Waals surface area contributed by atoms with Gasteiger partial charge < -0.3 is 4.90 Å². The normalized spacial score (nSPS) is 11.6. The molecule has 0 fully saturated rings. The second-order valence-corrected chi connectivity index (χ2v) is 14.4. The van der Waals surface area contributed by atoms with Gasteiger partial charge in [-0.15, -0.1) is 0 Å². The van der Waals surface area contributed by atoms with Crippen LogP contribution in [0.15, 0.2) is 206 Å². The fourth-order valence-electron chi connectivity index (χ4n) is 8.81. The maximum atomic E-state index is 2.37. The Labute approximate surface area is 316 Å². The van der Waals surface area contributed by atoms with Crippen LogP contribution in [0.4, 0.5) is 17.1 Å². The van der Waals surface area contributed by atoms with E-state index in [9.17, 15) is 0 Å². The van der Waals surface area contributed by atoms with Gasteiger partial charge in [0.05, 0.1) is 5.69 Å². The maximum absolute atomic E-state index is 2.37. The first-order valence-corrected chi connectivity index (χ1v) is 19.0. The third-order valence-corrected chi connectivity index (χ3v) is 11.3. The lowest BCUT2D eigenvalue weighted by Gasteiger charge is -2.27. The largest absolute Gasteiger partial charge is 0.310 e. The molecule has 256 valence electrons. The maximum Gasteiger partial charge on any atom is 0.0540 e. The summed E-state index contributed by atoms with van der Waals surface area (Å²) in [6.07, 6.45) is 2.05. The summed E-state index contributed by atoms with van der Waals surface area (Å²) in [5.74, 6) is 0.341. The van der Waals surface area contributed by atoms with E-state index in [-0.39, 0.29) is 0 Å². The van der Waals surface area contributed by atoms with Gasteiger partial charge in [0.2, 0.25) is 0 Å². The monoisotopic (exact) mass is 689 g/mol. The first-order chi connectivity index (χ1) is 26.8. The highest BCUT2D eigenvalue weighted by atomic mass is 15.1. The van der Waals surface area contributed by atoms with Crippen molar-refractivity contribution in [3.8, 4) is 11.1 Å². The van der Waals surface area contributed by atoms with Crippen LogP contribution >= 0.6 is 0 Å². The number of para-hydroxylation sites is 2. The third-order valence-electron chi connectivity index (χ3n) is 11.3. The van der Waals surface area contributed by atoms with Crippen molar-refractivity contribution in [3.05, 3.63) is 223 Å². The van der Waals surface area contributed by atoms with Crippen molar-refractivity contribution < 1.29 is 0 Å². The molecule has 0 saturated carbocycles. The molecular formula is C53H39N. The van der Waals surface area contributed by atoms with Gasteiger partial charge in [0.15, 0.2) is 0 Å². The molecule has 0 N–H and O–H groups in total. The van der Waals surface area contributed by atoms with E-state index in [0.717, 1.165) is 24.2 Å². The Morgan fingerprint density at radius 2 is 0.815 bits per heavy atom. The van der Waals surface area contributed by atoms with Gasteiger partial charge >= 0.3 is 0 Å². The standard InChI is InChI=1S/C53H39N/c1-5-15-37(16-6-1)44(38-17-7-2-8-18-38)31-27-39-25-26-40-30-34-50-48(33-29-41-28-32-45(39)52(40)53(41)50)47-35-36-51(49-24-14-13-23-46(47)49)54(42-19-9-3-10-20-42)43-21-11-4-12-22-43/h1-26,28-30,32-36,44H,27,31H2. The zero-order valence-corrected chi connectivity index (χ0v) is 30.1. The molecule has 1 heteroatoms. The minimum absolute atomic E-state index is 0.341. The summed E-state index contributed by atoms with van der Waals surface area (Å²) in [4.78, 5) is 2.37. The lowest BCUT2D eigenvalue weighted by atomic mass is 9.84. The van der Waals surface area contributed by atoms with Gasteiger partial charge in [0.25, 0.3) is 0 Å². The van der Waals surface area contributed by atoms with Gasteiger partial charge in [-0.3, -0.25) is 0 Å². The summed E-state index contributed by atoms with van der Waals surface area (Å²) in [5.41, 5.74) is 10.1. The van der Waals surface area contributed by atoms with E-state index in [1.54, 1.807) is 0 Å². The quantitative estimate of drug-likeness (QED) is 0.136. The molecular weight excluding hydrogens is 651 g/mol. The molecule has 0 aliphatic heterocycles. The summed E-state index contributed by atoms with van der Waals surface area (Å²) >= 11 is 0. The molecule has 0 aromatic heterocycles. The molecule has 0 spiro atoms. The Morgan fingerprint density at radius 3 is 1.44 bits per heavy atom. The van der Waals surface area contributed by atoms with E-state index in [0.29, 0.717) is 5.92 Å². The van der Waals surface area contributed by atoms with Crippen molar-refractivity contribution in [3.63, 3.8) is 0 Å². The number of benzene rings is 10. The molecule has 0 unspecified atom stereocenters. The second-order valence-electron chi connectivity index (χ2n) is 14.4. The van der Waals surface area contributed by atoms with Crippen LogP contribution < -0.4 is 4.90 Å². The van der Waals surface area contributed by atoms with Crippen LogP contribution in [-0.4, -0.2) is 0 Å². The Balaban J connectivity index is 1.10. The van der Waals surface area contributed by atoms with Gasteiger partial charge in [0, 0.05) is 22.7 Å². The SMILES string of the molecule is c1ccc(C(CCc2ccc3ccc4c(-c5ccc(N(c6ccccc6)c6ccccc6)c6ccccc56)ccc5ccc2c3c54)c2ccccc2)cc1. The molecule has 10 rings (SSSR count). The van der Waals surface area contributed by atoms with Gasteiger partial charge in [-0.05, 0) is 109 Å². The van der Waals surface area contributed by atoms with E-state index in [2.05, 4.69) is 211 Å². The van der Waals surface area contributed by atoms with Crippen LogP contribution in [0.5, 0.6) is 0 Å². The molecule has 10 aromatic rings. The molecule has 0 amide bonds. The average Bonchev–Trinajstić information content (AvgIpc) is 3.25. The number of hydrogen-bond acceptors (Lipinski definition) is 1. The van der Waals surface area contributed by atoms with Crippen molar-refractivity contribution in [2.24, 2.45) is 0 Å². The summed E-state index contributed by atoms with van der Waals surface area (Å²) in [7, 11) is 0. The minimum Gasteiger partial charge on any atom is -0.310 e. The predicted octanol–water partition coefficient (Wildman–Crippen LogP) is 14.6. The molecule has 0 radical (unpaired) electrons. The van der Waals surface area contributed by atoms with Crippen LogP contribution in [0.25, 0.3) is 54.2 Å². The molecule has 1 nitrogen and oxygen atoms in total. The molecule has 0 aliphatic rings. The minimum atomic E-state index is 0.341. The zero-order chi connectivity index (χ0) is 35.8. The lowest BCUT2D eigenvalue weighted by Crippen LogP contribution is -2.10. The van der Waals surface area contributed by atoms with Crippen molar-refractivity contribution in [2.45, 2.75) is 18.8 Å². The number of fused-ring (bicyclic) bond motifs is 1. The number of hydrogen-bond donors (Lipinski definition) is 0. The van der Waals surface area contributed by atoms with E-state index < -0.39 is 0 Å². The molecule has 54 heavy (non-hydrogen) atoms. The molecule has 0 atom stereocenters. The zero-order valence-electron chi connectivity index (χ0n) is 30.1. The predicted molar refractivity (Wildman–Crippen MR) is 231 cm³/mol. The number of anilines is 3. The van der Waals surface area contributed by atoms with Crippen LogP contribution in [0.2, 0.25) is 0 Å². The van der Waals surface area contributed by atoms with Crippen molar-refractivity contribution >= 4 is 60.2 Å². The van der Waals surface area contributed by atoms with Crippen LogP contribution in [0.1, 0.15) is 29.0 Å². The Hall–Kier alpha value is -6.70. The first kappa shape index (κ1) is 32.0. The number of nitrogens with zero attached hydrogens (tertiary/aromatic N) is 1. The Morgan fingerprint density at radius 1 is 0.352 bits per heavy atom. The second kappa shape index (κ2) is 13.7. The highest BCUT2D eigenvalue weighted by Crippen LogP contribution is 2.45. The van der Waals surface area contributed by atoms with Crippen molar-refractivity contribution in [1.29, 1.82) is 0 Å². The Kier molecular flexibility index (Phi) is 8.11. The van der Waals surface area contributed by atoms with E-state index in [1.165, 1.54) is 76.6 Å². The molecule has 0 bridgehead atoms. The first-order valence-electron chi connectivity index (χ1n) is 19.0. The van der Waals surface area contributed by atoms with Gasteiger partial charge in [-0.1, -0.05) is 176 Å². The fraction of sp³-hybridized carbons (Fsp3) is 0.0566. The van der Waals surface area contributed by atoms with Crippen LogP contribution in [0.3, 0.4) is 0 Å². The lowest BCUT2D eigenvalue weighted by molar-refractivity contribution is 0.718. The molecule has 0 aliphatic carbocycles. The van der Waals surface area contributed by atoms with Crippen molar-refractivity contribution in [2.75, 3.05) is 4.90 Å². The summed E-state index contributed by atoms with van der Waals surface area (Å²) in [6.45, 7) is 0. The highest BCUT2D eigenvalue weighted by molar-refractivity contribution is 6.27. The highest BCUT2D eigenvalue weighted by Gasteiger charge is 2.20. The number of aryl methyl sites for hydroxylation is 1. The molecule has 10 aromatic carbocycles. The van der Waals surface area contributed by atoms with E-state index in [1.807, 2.05) is 0 Å². The fourth-order valence-corrected chi connectivity index (χ4v) is 8.81. The summed E-state index contributed by atoms with van der Waals surface area (Å²) in [6, 6.07) is 75.7. The van der Waals surface area contributed by atoms with Crippen LogP contribution in [0, 0.1) is 0 Å². The Bertz CT molecular complexity index is 2780. The third kappa shape index (κ3) is 5.57. The van der Waals surface area contributed by atoms with E-state index >= 15 is 0 Å². The van der Waals surface area contributed by atoms with E-state index in [4.69, 9.17) is 0 Å².